The van der Waals surface area contributed by atoms with Crippen LogP contribution >= 0.6 is 0 Å². The first kappa shape index (κ1) is 10.2. The SMILES string of the molecule is O=COC(Cc1ccccc1)C(=O)O. The molecule has 1 unspecified atom stereocenters. The van der Waals surface area contributed by atoms with Crippen molar-refractivity contribution >= 4 is 12.4 Å². The van der Waals surface area contributed by atoms with E-state index in [2.05, 4.69) is 4.74 Å². The van der Waals surface area contributed by atoms with Crippen LogP contribution in [0.1, 0.15) is 5.56 Å². The lowest BCUT2D eigenvalue weighted by atomic mass is 10.1. The summed E-state index contributed by atoms with van der Waals surface area (Å²) in [6.45, 7) is 0.154. The molecule has 0 saturated heterocycles. The van der Waals surface area contributed by atoms with Crippen molar-refractivity contribution in [1.82, 2.24) is 0 Å². The van der Waals surface area contributed by atoms with Gasteiger partial charge in [0.05, 0.1) is 0 Å². The molecule has 0 heterocycles. The molecular weight excluding hydrogens is 184 g/mol. The van der Waals surface area contributed by atoms with Crippen molar-refractivity contribution in [3.63, 3.8) is 0 Å². The summed E-state index contributed by atoms with van der Waals surface area (Å²) in [7, 11) is 0. The predicted octanol–water partition coefficient (Wildman–Crippen LogP) is 0.855. The minimum absolute atomic E-state index is 0.154. The molecule has 1 N–H and O–H groups in total. The average Bonchev–Trinajstić information content (AvgIpc) is 2.18. The average molecular weight is 194 g/mol. The van der Waals surface area contributed by atoms with Gasteiger partial charge >= 0.3 is 5.97 Å². The van der Waals surface area contributed by atoms with Gasteiger partial charge in [-0.1, -0.05) is 30.3 Å². The molecule has 0 fully saturated rings. The molecule has 0 bridgehead atoms. The van der Waals surface area contributed by atoms with E-state index in [1.54, 1.807) is 24.3 Å². The molecule has 0 spiro atoms. The van der Waals surface area contributed by atoms with Gasteiger partial charge in [-0.2, -0.15) is 0 Å². The zero-order valence-electron chi connectivity index (χ0n) is 7.42. The first-order valence-corrected chi connectivity index (χ1v) is 4.10. The molecular formula is C10H10O4. The number of carboxylic acid groups (broad SMARTS) is 1. The van der Waals surface area contributed by atoms with Gasteiger partial charge in [0.1, 0.15) is 0 Å². The molecule has 1 rings (SSSR count). The summed E-state index contributed by atoms with van der Waals surface area (Å²) in [6, 6.07) is 9.00. The van der Waals surface area contributed by atoms with Crippen LogP contribution in [0.3, 0.4) is 0 Å². The molecule has 0 aliphatic carbocycles. The lowest BCUT2D eigenvalue weighted by molar-refractivity contribution is -0.156. The Morgan fingerprint density at radius 2 is 2.07 bits per heavy atom. The van der Waals surface area contributed by atoms with Gasteiger partial charge in [-0.25, -0.2) is 4.79 Å². The Kier molecular flexibility index (Phi) is 3.67. The molecule has 4 heteroatoms. The molecule has 0 amide bonds. The number of hydrogen-bond acceptors (Lipinski definition) is 3. The predicted molar refractivity (Wildman–Crippen MR) is 48.7 cm³/mol. The monoisotopic (exact) mass is 194 g/mol. The Hall–Kier alpha value is -1.84. The van der Waals surface area contributed by atoms with E-state index in [1.165, 1.54) is 0 Å². The number of carbonyl (C=O) groups is 2. The Morgan fingerprint density at radius 3 is 2.57 bits per heavy atom. The number of rotatable bonds is 5. The number of benzene rings is 1. The van der Waals surface area contributed by atoms with E-state index in [9.17, 15) is 9.59 Å². The normalized spacial score (nSPS) is 11.7. The zero-order valence-corrected chi connectivity index (χ0v) is 7.42. The first-order valence-electron chi connectivity index (χ1n) is 4.10. The fraction of sp³-hybridized carbons (Fsp3) is 0.200. The summed E-state index contributed by atoms with van der Waals surface area (Å²) in [5.74, 6) is -1.14. The third-order valence-corrected chi connectivity index (χ3v) is 1.76. The molecule has 74 valence electrons. The second-order valence-corrected chi connectivity index (χ2v) is 2.75. The largest absolute Gasteiger partial charge is 0.478 e. The second kappa shape index (κ2) is 5.01. The second-order valence-electron chi connectivity index (χ2n) is 2.75. The molecule has 0 saturated carbocycles. The quantitative estimate of drug-likeness (QED) is 0.706. The standard InChI is InChI=1S/C10H10O4/c11-7-14-9(10(12)13)6-8-4-2-1-3-5-8/h1-5,7,9H,6H2,(H,12,13). The summed E-state index contributed by atoms with van der Waals surface area (Å²) in [6.07, 6.45) is -0.913. The van der Waals surface area contributed by atoms with Crippen LogP contribution < -0.4 is 0 Å². The minimum atomic E-state index is -1.14. The molecule has 0 aliphatic heterocycles. The Morgan fingerprint density at radius 1 is 1.43 bits per heavy atom. The first-order chi connectivity index (χ1) is 6.74. The zero-order chi connectivity index (χ0) is 10.4. The van der Waals surface area contributed by atoms with Crippen LogP contribution in [0.15, 0.2) is 30.3 Å². The van der Waals surface area contributed by atoms with Crippen LogP contribution in [0.4, 0.5) is 0 Å². The van der Waals surface area contributed by atoms with Crippen LogP contribution in [0.5, 0.6) is 0 Å². The van der Waals surface area contributed by atoms with E-state index in [1.807, 2.05) is 6.07 Å². The summed E-state index contributed by atoms with van der Waals surface area (Å²) >= 11 is 0. The molecule has 0 aromatic heterocycles. The topological polar surface area (TPSA) is 63.6 Å². The highest BCUT2D eigenvalue weighted by molar-refractivity contribution is 5.74. The number of hydrogen-bond donors (Lipinski definition) is 1. The summed E-state index contributed by atoms with van der Waals surface area (Å²) in [5.41, 5.74) is 0.821. The highest BCUT2D eigenvalue weighted by Crippen LogP contribution is 2.05. The van der Waals surface area contributed by atoms with Crippen molar-refractivity contribution in [3.8, 4) is 0 Å². The Balaban J connectivity index is 2.64. The lowest BCUT2D eigenvalue weighted by Crippen LogP contribution is -2.25. The van der Waals surface area contributed by atoms with Gasteiger partial charge in [0, 0.05) is 6.42 Å². The van der Waals surface area contributed by atoms with Gasteiger partial charge in [-0.3, -0.25) is 4.79 Å². The van der Waals surface area contributed by atoms with Crippen molar-refractivity contribution in [2.24, 2.45) is 0 Å². The molecule has 1 atom stereocenters. The van der Waals surface area contributed by atoms with Crippen molar-refractivity contribution in [2.75, 3.05) is 0 Å². The molecule has 4 nitrogen and oxygen atoms in total. The maximum atomic E-state index is 10.6. The van der Waals surface area contributed by atoms with Gasteiger partial charge in [0.2, 0.25) is 6.10 Å². The summed E-state index contributed by atoms with van der Waals surface area (Å²) < 4.78 is 4.43. The van der Waals surface area contributed by atoms with Gasteiger partial charge in [-0.05, 0) is 5.56 Å². The molecule has 0 aliphatic rings. The van der Waals surface area contributed by atoms with Gasteiger partial charge in [0.25, 0.3) is 6.47 Å². The fourth-order valence-corrected chi connectivity index (χ4v) is 1.09. The third-order valence-electron chi connectivity index (χ3n) is 1.76. The Bertz CT molecular complexity index is 307. The number of carboxylic acids is 1. The maximum Gasteiger partial charge on any atom is 0.345 e. The van der Waals surface area contributed by atoms with Gasteiger partial charge in [-0.15, -0.1) is 0 Å². The van der Waals surface area contributed by atoms with Gasteiger partial charge < -0.3 is 9.84 Å². The molecule has 1 aromatic carbocycles. The van der Waals surface area contributed by atoms with E-state index in [-0.39, 0.29) is 12.9 Å². The van der Waals surface area contributed by atoms with E-state index < -0.39 is 12.1 Å². The van der Waals surface area contributed by atoms with Crippen LogP contribution in [-0.4, -0.2) is 23.7 Å². The highest BCUT2D eigenvalue weighted by Gasteiger charge is 2.18. The van der Waals surface area contributed by atoms with Crippen molar-refractivity contribution in [2.45, 2.75) is 12.5 Å². The highest BCUT2D eigenvalue weighted by atomic mass is 16.5. The smallest absolute Gasteiger partial charge is 0.345 e. The Labute approximate surface area is 81.1 Å². The number of carbonyl (C=O) groups excluding carboxylic acids is 1. The number of ether oxygens (including phenoxy) is 1. The molecule has 1 aromatic rings. The third kappa shape index (κ3) is 2.90. The lowest BCUT2D eigenvalue weighted by Gasteiger charge is -2.09. The van der Waals surface area contributed by atoms with E-state index in [0.717, 1.165) is 5.56 Å². The minimum Gasteiger partial charge on any atom is -0.478 e. The van der Waals surface area contributed by atoms with Crippen molar-refractivity contribution < 1.29 is 19.4 Å². The maximum absolute atomic E-state index is 10.6. The summed E-state index contributed by atoms with van der Waals surface area (Å²) in [4.78, 5) is 20.6. The number of aliphatic carboxylic acids is 1. The van der Waals surface area contributed by atoms with Crippen LogP contribution in [0, 0.1) is 0 Å². The van der Waals surface area contributed by atoms with E-state index >= 15 is 0 Å². The summed E-state index contributed by atoms with van der Waals surface area (Å²) in [5, 5.41) is 8.68. The molecule has 14 heavy (non-hydrogen) atoms. The molecule has 0 radical (unpaired) electrons. The van der Waals surface area contributed by atoms with Crippen LogP contribution in [0.25, 0.3) is 0 Å². The van der Waals surface area contributed by atoms with Crippen LogP contribution in [-0.2, 0) is 20.7 Å². The van der Waals surface area contributed by atoms with Crippen molar-refractivity contribution in [1.29, 1.82) is 0 Å². The fourth-order valence-electron chi connectivity index (χ4n) is 1.09. The van der Waals surface area contributed by atoms with Crippen molar-refractivity contribution in [3.05, 3.63) is 35.9 Å². The van der Waals surface area contributed by atoms with E-state index in [0.29, 0.717) is 0 Å². The van der Waals surface area contributed by atoms with E-state index in [4.69, 9.17) is 5.11 Å². The van der Waals surface area contributed by atoms with Gasteiger partial charge in [0.15, 0.2) is 0 Å². The van der Waals surface area contributed by atoms with Crippen LogP contribution in [0.2, 0.25) is 0 Å².